The monoisotopic (exact) mass is 275 g/mol. The normalized spacial score (nSPS) is 12.3. The number of hydrogen-bond acceptors (Lipinski definition) is 3. The first-order valence-corrected chi connectivity index (χ1v) is 6.26. The van der Waals surface area contributed by atoms with Crippen molar-refractivity contribution in [2.75, 3.05) is 13.6 Å². The van der Waals surface area contributed by atoms with E-state index >= 15 is 0 Å². The summed E-state index contributed by atoms with van der Waals surface area (Å²) in [4.78, 5) is 26.8. The summed E-state index contributed by atoms with van der Waals surface area (Å²) < 4.78 is 0. The molecule has 4 N–H and O–H groups in total. The van der Waals surface area contributed by atoms with Gasteiger partial charge in [0.2, 0.25) is 5.91 Å². The average Bonchev–Trinajstić information content (AvgIpc) is 2.80. The number of para-hydroxylation sites is 1. The molecule has 0 spiro atoms. The van der Waals surface area contributed by atoms with Crippen molar-refractivity contribution in [2.45, 2.75) is 12.5 Å². The lowest BCUT2D eigenvalue weighted by atomic mass is 10.0. The number of nitrogens with two attached hydrogens (primary N) is 1. The first-order chi connectivity index (χ1) is 9.49. The summed E-state index contributed by atoms with van der Waals surface area (Å²) in [5.74, 6) is -1.43. The van der Waals surface area contributed by atoms with Crippen LogP contribution in [-0.2, 0) is 16.0 Å². The minimum Gasteiger partial charge on any atom is -0.480 e. The zero-order valence-electron chi connectivity index (χ0n) is 11.2. The highest BCUT2D eigenvalue weighted by atomic mass is 16.4. The van der Waals surface area contributed by atoms with Crippen LogP contribution in [-0.4, -0.2) is 46.5 Å². The second-order valence-electron chi connectivity index (χ2n) is 4.76. The van der Waals surface area contributed by atoms with Crippen molar-refractivity contribution in [1.82, 2.24) is 9.88 Å². The van der Waals surface area contributed by atoms with Gasteiger partial charge in [0.25, 0.3) is 0 Å². The maximum atomic E-state index is 12.0. The van der Waals surface area contributed by atoms with Gasteiger partial charge >= 0.3 is 5.97 Å². The Hall–Kier alpha value is -2.34. The lowest BCUT2D eigenvalue weighted by Crippen LogP contribution is -2.44. The summed E-state index contributed by atoms with van der Waals surface area (Å²) in [6.07, 6.45) is 2.20. The van der Waals surface area contributed by atoms with Gasteiger partial charge < -0.3 is 20.7 Å². The number of likely N-dealkylation sites (N-methyl/N-ethyl adjacent to an activating group) is 1. The number of nitrogens with zero attached hydrogens (tertiary/aromatic N) is 1. The highest BCUT2D eigenvalue weighted by Crippen LogP contribution is 2.18. The smallest absolute Gasteiger partial charge is 0.323 e. The Bertz CT molecular complexity index is 635. The van der Waals surface area contributed by atoms with Crippen molar-refractivity contribution in [2.24, 2.45) is 5.73 Å². The number of rotatable bonds is 5. The lowest BCUT2D eigenvalue weighted by Gasteiger charge is -2.19. The molecule has 1 atom stereocenters. The number of benzene rings is 1. The highest BCUT2D eigenvalue weighted by molar-refractivity contribution is 5.87. The predicted molar refractivity (Wildman–Crippen MR) is 75.3 cm³/mol. The van der Waals surface area contributed by atoms with Gasteiger partial charge in [-0.2, -0.15) is 0 Å². The van der Waals surface area contributed by atoms with E-state index in [-0.39, 0.29) is 12.5 Å². The van der Waals surface area contributed by atoms with E-state index in [0.717, 1.165) is 21.4 Å². The number of carbonyl (C=O) groups excluding carboxylic acids is 1. The zero-order valence-corrected chi connectivity index (χ0v) is 11.2. The third-order valence-corrected chi connectivity index (χ3v) is 3.18. The molecule has 1 aromatic carbocycles. The number of H-pyrrole nitrogens is 1. The summed E-state index contributed by atoms with van der Waals surface area (Å²) in [7, 11) is 1.44. The predicted octanol–water partition coefficient (Wildman–Crippen LogP) is 0.581. The van der Waals surface area contributed by atoms with Crippen molar-refractivity contribution in [3.8, 4) is 0 Å². The molecule has 6 heteroatoms. The summed E-state index contributed by atoms with van der Waals surface area (Å²) in [5, 5.41) is 9.70. The molecule has 0 saturated heterocycles. The van der Waals surface area contributed by atoms with Crippen LogP contribution in [0.25, 0.3) is 10.9 Å². The van der Waals surface area contributed by atoms with Crippen LogP contribution in [0.1, 0.15) is 5.56 Å². The summed E-state index contributed by atoms with van der Waals surface area (Å²) in [6, 6.07) is 7.00. The fraction of sp³-hybridized carbons (Fsp3) is 0.286. The number of fused-ring (bicyclic) bond motifs is 1. The number of aromatic amines is 1. The quantitative estimate of drug-likeness (QED) is 0.743. The fourth-order valence-corrected chi connectivity index (χ4v) is 2.19. The number of aromatic nitrogens is 1. The summed E-state index contributed by atoms with van der Waals surface area (Å²) in [5.41, 5.74) is 7.81. The van der Waals surface area contributed by atoms with Gasteiger partial charge in [-0.25, -0.2) is 0 Å². The molecule has 0 saturated carbocycles. The summed E-state index contributed by atoms with van der Waals surface area (Å²) >= 11 is 0. The number of hydrogen-bond donors (Lipinski definition) is 3. The van der Waals surface area contributed by atoms with Crippen LogP contribution < -0.4 is 5.73 Å². The molecule has 1 amide bonds. The number of carboxylic acid groups (broad SMARTS) is 1. The first-order valence-electron chi connectivity index (χ1n) is 6.26. The van der Waals surface area contributed by atoms with Gasteiger partial charge in [0.05, 0.1) is 6.04 Å². The highest BCUT2D eigenvalue weighted by Gasteiger charge is 2.21. The molecule has 0 radical (unpaired) electrons. The molecule has 0 aliphatic heterocycles. The SMILES string of the molecule is CN(CC(=O)O)C(=O)[C@@H](N)Cc1c[nH]c2ccccc12. The van der Waals surface area contributed by atoms with E-state index in [2.05, 4.69) is 4.98 Å². The van der Waals surface area contributed by atoms with Gasteiger partial charge in [0.1, 0.15) is 6.54 Å². The first kappa shape index (κ1) is 14.1. The molecule has 1 heterocycles. The minimum absolute atomic E-state index is 0.347. The molecule has 6 nitrogen and oxygen atoms in total. The molecular weight excluding hydrogens is 258 g/mol. The van der Waals surface area contributed by atoms with E-state index in [1.165, 1.54) is 7.05 Å². The average molecular weight is 275 g/mol. The molecule has 2 aromatic rings. The summed E-state index contributed by atoms with van der Waals surface area (Å²) in [6.45, 7) is -0.347. The van der Waals surface area contributed by atoms with Crippen molar-refractivity contribution in [1.29, 1.82) is 0 Å². The van der Waals surface area contributed by atoms with Crippen LogP contribution >= 0.6 is 0 Å². The minimum atomic E-state index is -1.06. The number of amides is 1. The van der Waals surface area contributed by atoms with Crippen LogP contribution in [0, 0.1) is 0 Å². The Kier molecular flexibility index (Phi) is 4.05. The zero-order chi connectivity index (χ0) is 14.7. The van der Waals surface area contributed by atoms with Crippen LogP contribution in [0.2, 0.25) is 0 Å². The number of carbonyl (C=O) groups is 2. The fourth-order valence-electron chi connectivity index (χ4n) is 2.19. The van der Waals surface area contributed by atoms with Gasteiger partial charge in [0, 0.05) is 24.1 Å². The number of aliphatic carboxylic acids is 1. The van der Waals surface area contributed by atoms with E-state index in [9.17, 15) is 9.59 Å². The third-order valence-electron chi connectivity index (χ3n) is 3.18. The molecule has 1 aromatic heterocycles. The third kappa shape index (κ3) is 2.97. The second-order valence-corrected chi connectivity index (χ2v) is 4.76. The molecule has 2 rings (SSSR count). The van der Waals surface area contributed by atoms with Gasteiger partial charge in [-0.05, 0) is 18.1 Å². The largest absolute Gasteiger partial charge is 0.480 e. The van der Waals surface area contributed by atoms with Gasteiger partial charge in [-0.1, -0.05) is 18.2 Å². The van der Waals surface area contributed by atoms with Crippen LogP contribution in [0.5, 0.6) is 0 Å². The maximum Gasteiger partial charge on any atom is 0.323 e. The molecule has 0 bridgehead atoms. The Labute approximate surface area is 116 Å². The lowest BCUT2D eigenvalue weighted by molar-refractivity contribution is -0.143. The standard InChI is InChI=1S/C14H17N3O3/c1-17(8-13(18)19)14(20)11(15)6-9-7-16-12-5-3-2-4-10(9)12/h2-5,7,11,16H,6,8,15H2,1H3,(H,18,19)/t11-/m0/s1. The van der Waals surface area contributed by atoms with Gasteiger partial charge in [-0.15, -0.1) is 0 Å². The molecule has 0 unspecified atom stereocenters. The maximum absolute atomic E-state index is 12.0. The van der Waals surface area contributed by atoms with Crippen LogP contribution in [0.4, 0.5) is 0 Å². The van der Waals surface area contributed by atoms with Gasteiger partial charge in [0.15, 0.2) is 0 Å². The molecule has 0 aliphatic rings. The van der Waals surface area contributed by atoms with Crippen molar-refractivity contribution in [3.63, 3.8) is 0 Å². The second kappa shape index (κ2) is 5.75. The van der Waals surface area contributed by atoms with Gasteiger partial charge in [-0.3, -0.25) is 9.59 Å². The Morgan fingerprint density at radius 1 is 1.40 bits per heavy atom. The Morgan fingerprint density at radius 2 is 2.10 bits per heavy atom. The van der Waals surface area contributed by atoms with Crippen molar-refractivity contribution >= 4 is 22.8 Å². The number of nitrogens with one attached hydrogen (secondary N) is 1. The van der Waals surface area contributed by atoms with Crippen molar-refractivity contribution in [3.05, 3.63) is 36.0 Å². The topological polar surface area (TPSA) is 99.4 Å². The number of carboxylic acids is 1. The Morgan fingerprint density at radius 3 is 2.80 bits per heavy atom. The van der Waals surface area contributed by atoms with E-state index < -0.39 is 12.0 Å². The van der Waals surface area contributed by atoms with Crippen molar-refractivity contribution < 1.29 is 14.7 Å². The van der Waals surface area contributed by atoms with E-state index in [0.29, 0.717) is 6.42 Å². The Balaban J connectivity index is 2.09. The molecule has 20 heavy (non-hydrogen) atoms. The van der Waals surface area contributed by atoms with Crippen LogP contribution in [0.15, 0.2) is 30.5 Å². The molecule has 0 aliphatic carbocycles. The van der Waals surface area contributed by atoms with E-state index in [4.69, 9.17) is 10.8 Å². The molecule has 0 fully saturated rings. The van der Waals surface area contributed by atoms with E-state index in [1.807, 2.05) is 30.5 Å². The van der Waals surface area contributed by atoms with Crippen LogP contribution in [0.3, 0.4) is 0 Å². The molecular formula is C14H17N3O3. The van der Waals surface area contributed by atoms with E-state index in [1.54, 1.807) is 0 Å². The molecule has 106 valence electrons.